The maximum atomic E-state index is 12.3. The minimum Gasteiger partial charge on any atom is -0.444 e. The first-order valence-electron chi connectivity index (χ1n) is 12.3. The van der Waals surface area contributed by atoms with E-state index in [-0.39, 0.29) is 6.09 Å². The number of nitrogens with one attached hydrogen (secondary N) is 1. The molecule has 10 heteroatoms. The number of aromatic nitrogens is 5. The van der Waals surface area contributed by atoms with Crippen molar-refractivity contribution in [1.82, 2.24) is 29.2 Å². The fraction of sp³-hybridized carbons (Fsp3) is 0.423. The molecule has 36 heavy (non-hydrogen) atoms. The van der Waals surface area contributed by atoms with Gasteiger partial charge in [-0.25, -0.2) is 19.7 Å². The molecule has 1 aliphatic rings. The second-order valence-corrected chi connectivity index (χ2v) is 10.3. The third-order valence-corrected chi connectivity index (χ3v) is 6.11. The zero-order valence-corrected chi connectivity index (χ0v) is 21.4. The molecular formula is C26H32N8O2. The van der Waals surface area contributed by atoms with Gasteiger partial charge in [-0.1, -0.05) is 13.8 Å². The number of amides is 1. The summed E-state index contributed by atoms with van der Waals surface area (Å²) >= 11 is 0. The minimum atomic E-state index is -0.489. The second-order valence-electron chi connectivity index (χ2n) is 10.3. The first-order valence-corrected chi connectivity index (χ1v) is 12.3. The average Bonchev–Trinajstić information content (AvgIpc) is 3.29. The molecule has 188 valence electrons. The summed E-state index contributed by atoms with van der Waals surface area (Å²) in [7, 11) is 0. The number of hydrogen-bond donors (Lipinski definition) is 1. The number of nitrogens with zero attached hydrogens (tertiary/aromatic N) is 7. The molecule has 0 unspecified atom stereocenters. The van der Waals surface area contributed by atoms with Crippen molar-refractivity contribution < 1.29 is 9.53 Å². The van der Waals surface area contributed by atoms with Crippen molar-refractivity contribution in [3.63, 3.8) is 0 Å². The van der Waals surface area contributed by atoms with Crippen LogP contribution in [0, 0.1) is 0 Å². The third kappa shape index (κ3) is 4.89. The highest BCUT2D eigenvalue weighted by Crippen LogP contribution is 2.24. The van der Waals surface area contributed by atoms with Gasteiger partial charge in [-0.3, -0.25) is 4.40 Å². The Morgan fingerprint density at radius 3 is 2.42 bits per heavy atom. The standard InChI is InChI=1S/C26H32N8O2/c1-17(2)20-16-28-22-9-6-18-14-29-24(31-23(18)34(20)22)30-21-8-7-19(15-27-21)32-10-12-33(13-11-32)25(35)36-26(3,4)5/h6-9,14-17H,10-13H2,1-5H3,(H,27,29,30,31). The van der Waals surface area contributed by atoms with Crippen LogP contribution < -0.4 is 10.2 Å². The zero-order chi connectivity index (χ0) is 25.4. The zero-order valence-electron chi connectivity index (χ0n) is 21.4. The summed E-state index contributed by atoms with van der Waals surface area (Å²) in [6, 6.07) is 7.91. The highest BCUT2D eigenvalue weighted by Gasteiger charge is 2.26. The van der Waals surface area contributed by atoms with Gasteiger partial charge in [0.15, 0.2) is 5.65 Å². The molecule has 0 atom stereocenters. The molecule has 10 nitrogen and oxygen atoms in total. The highest BCUT2D eigenvalue weighted by atomic mass is 16.6. The molecule has 0 aliphatic carbocycles. The van der Waals surface area contributed by atoms with Crippen molar-refractivity contribution in [2.24, 2.45) is 0 Å². The van der Waals surface area contributed by atoms with Gasteiger partial charge in [0.1, 0.15) is 17.1 Å². The van der Waals surface area contributed by atoms with Crippen LogP contribution in [-0.4, -0.2) is 67.1 Å². The Balaban J connectivity index is 1.28. The van der Waals surface area contributed by atoms with Gasteiger partial charge in [0, 0.05) is 49.7 Å². The Kier molecular flexibility index (Phi) is 6.11. The number of carbonyl (C=O) groups is 1. The molecule has 0 radical (unpaired) electrons. The quantitative estimate of drug-likeness (QED) is 0.445. The first-order chi connectivity index (χ1) is 17.2. The SMILES string of the molecule is CC(C)c1cnc2ccc3cnc(Nc4ccc(N5CCN(C(=O)OC(C)(C)C)CC5)cn4)nc3n12. The number of rotatable bonds is 4. The van der Waals surface area contributed by atoms with Crippen LogP contribution in [-0.2, 0) is 4.74 Å². The monoisotopic (exact) mass is 488 g/mol. The fourth-order valence-corrected chi connectivity index (χ4v) is 4.27. The highest BCUT2D eigenvalue weighted by molar-refractivity contribution is 5.79. The number of ether oxygens (including phenoxy) is 1. The van der Waals surface area contributed by atoms with E-state index in [1.807, 2.05) is 63.6 Å². The molecular weight excluding hydrogens is 456 g/mol. The Bertz CT molecular complexity index is 1380. The Morgan fingerprint density at radius 1 is 0.972 bits per heavy atom. The predicted molar refractivity (Wildman–Crippen MR) is 140 cm³/mol. The lowest BCUT2D eigenvalue weighted by Crippen LogP contribution is -2.50. The summed E-state index contributed by atoms with van der Waals surface area (Å²) < 4.78 is 7.57. The Hall–Kier alpha value is -3.95. The molecule has 1 aliphatic heterocycles. The lowest BCUT2D eigenvalue weighted by Gasteiger charge is -2.36. The van der Waals surface area contributed by atoms with Crippen molar-refractivity contribution in [2.75, 3.05) is 36.4 Å². The molecule has 4 aromatic heterocycles. The third-order valence-electron chi connectivity index (χ3n) is 6.11. The van der Waals surface area contributed by atoms with Gasteiger partial charge in [0.05, 0.1) is 11.9 Å². The van der Waals surface area contributed by atoms with Crippen LogP contribution in [0.15, 0.2) is 42.9 Å². The molecule has 1 amide bonds. The van der Waals surface area contributed by atoms with Crippen LogP contribution in [0.5, 0.6) is 0 Å². The van der Waals surface area contributed by atoms with Gasteiger partial charge in [-0.05, 0) is 51.0 Å². The number of imidazole rings is 1. The summed E-state index contributed by atoms with van der Waals surface area (Å²) in [4.78, 5) is 34.6. The van der Waals surface area contributed by atoms with Crippen LogP contribution in [0.3, 0.4) is 0 Å². The second kappa shape index (κ2) is 9.25. The van der Waals surface area contributed by atoms with Crippen LogP contribution in [0.25, 0.3) is 16.7 Å². The smallest absolute Gasteiger partial charge is 0.410 e. The number of anilines is 3. The number of piperazine rings is 1. The maximum Gasteiger partial charge on any atom is 0.410 e. The van der Waals surface area contributed by atoms with E-state index in [2.05, 4.69) is 43.4 Å². The van der Waals surface area contributed by atoms with E-state index in [0.717, 1.165) is 41.2 Å². The van der Waals surface area contributed by atoms with Crippen LogP contribution in [0.1, 0.15) is 46.2 Å². The molecule has 1 saturated heterocycles. The fourth-order valence-electron chi connectivity index (χ4n) is 4.27. The molecule has 5 heterocycles. The molecule has 5 rings (SSSR count). The van der Waals surface area contributed by atoms with Crippen molar-refractivity contribution in [1.29, 1.82) is 0 Å². The average molecular weight is 489 g/mol. The van der Waals surface area contributed by atoms with Gasteiger partial charge < -0.3 is 19.9 Å². The largest absolute Gasteiger partial charge is 0.444 e. The number of fused-ring (bicyclic) bond motifs is 3. The topological polar surface area (TPSA) is 101 Å². The first kappa shape index (κ1) is 23.8. The van der Waals surface area contributed by atoms with Crippen molar-refractivity contribution in [3.05, 3.63) is 48.5 Å². The van der Waals surface area contributed by atoms with Gasteiger partial charge in [-0.2, -0.15) is 4.98 Å². The number of hydrogen-bond acceptors (Lipinski definition) is 8. The summed E-state index contributed by atoms with van der Waals surface area (Å²) in [6.45, 7) is 12.6. The predicted octanol–water partition coefficient (Wildman–Crippen LogP) is 4.60. The lowest BCUT2D eigenvalue weighted by atomic mass is 10.1. The summed E-state index contributed by atoms with van der Waals surface area (Å²) in [5, 5.41) is 4.17. The van der Waals surface area contributed by atoms with Gasteiger partial charge in [-0.15, -0.1) is 0 Å². The molecule has 1 fully saturated rings. The number of pyridine rings is 2. The molecule has 0 saturated carbocycles. The lowest BCUT2D eigenvalue weighted by molar-refractivity contribution is 0.0240. The van der Waals surface area contributed by atoms with E-state index >= 15 is 0 Å². The number of carbonyl (C=O) groups excluding carboxylic acids is 1. The van der Waals surface area contributed by atoms with Crippen molar-refractivity contribution >= 4 is 40.2 Å². The Labute approximate surface area is 210 Å². The van der Waals surface area contributed by atoms with Gasteiger partial charge in [0.2, 0.25) is 5.95 Å². The molecule has 4 aromatic rings. The van der Waals surface area contributed by atoms with Crippen LogP contribution in [0.4, 0.5) is 22.2 Å². The van der Waals surface area contributed by atoms with Crippen molar-refractivity contribution in [2.45, 2.75) is 46.1 Å². The van der Waals surface area contributed by atoms with Gasteiger partial charge >= 0.3 is 6.09 Å². The summed E-state index contributed by atoms with van der Waals surface area (Å²) in [6.07, 6.45) is 5.29. The molecule has 0 bridgehead atoms. The van der Waals surface area contributed by atoms with E-state index in [1.54, 1.807) is 4.90 Å². The summed E-state index contributed by atoms with van der Waals surface area (Å²) in [5.41, 5.74) is 3.30. The molecule has 1 N–H and O–H groups in total. The van der Waals surface area contributed by atoms with E-state index in [1.165, 1.54) is 0 Å². The molecule has 0 aromatic carbocycles. The van der Waals surface area contributed by atoms with E-state index < -0.39 is 5.60 Å². The van der Waals surface area contributed by atoms with Gasteiger partial charge in [0.25, 0.3) is 0 Å². The van der Waals surface area contributed by atoms with Crippen LogP contribution in [0.2, 0.25) is 0 Å². The van der Waals surface area contributed by atoms with E-state index in [9.17, 15) is 4.79 Å². The van der Waals surface area contributed by atoms with Crippen LogP contribution >= 0.6 is 0 Å². The maximum absolute atomic E-state index is 12.3. The normalized spacial score (nSPS) is 14.6. The van der Waals surface area contributed by atoms with E-state index in [0.29, 0.717) is 30.8 Å². The van der Waals surface area contributed by atoms with Crippen molar-refractivity contribution in [3.8, 4) is 0 Å². The molecule has 0 spiro atoms. The van der Waals surface area contributed by atoms with E-state index in [4.69, 9.17) is 9.72 Å². The Morgan fingerprint density at radius 2 is 1.75 bits per heavy atom. The summed E-state index contributed by atoms with van der Waals surface area (Å²) in [5.74, 6) is 1.45. The minimum absolute atomic E-state index is 0.260.